The van der Waals surface area contributed by atoms with Crippen molar-refractivity contribution in [3.8, 4) is 11.3 Å². The van der Waals surface area contributed by atoms with Crippen molar-refractivity contribution in [2.24, 2.45) is 0 Å². The number of benzene rings is 1. The van der Waals surface area contributed by atoms with Crippen molar-refractivity contribution in [3.63, 3.8) is 0 Å². The third-order valence-corrected chi connectivity index (χ3v) is 4.13. The van der Waals surface area contributed by atoms with E-state index in [9.17, 15) is 0 Å². The Labute approximate surface area is 127 Å². The molecule has 0 spiro atoms. The predicted octanol–water partition coefficient (Wildman–Crippen LogP) is 3.71. The van der Waals surface area contributed by atoms with E-state index in [-0.39, 0.29) is 0 Å². The van der Waals surface area contributed by atoms with Gasteiger partial charge < -0.3 is 4.74 Å². The molecule has 0 aliphatic carbocycles. The van der Waals surface area contributed by atoms with Crippen LogP contribution in [-0.4, -0.2) is 28.0 Å². The van der Waals surface area contributed by atoms with Crippen molar-refractivity contribution < 1.29 is 4.74 Å². The van der Waals surface area contributed by atoms with E-state index in [2.05, 4.69) is 9.67 Å². The van der Waals surface area contributed by atoms with Crippen LogP contribution >= 0.6 is 11.6 Å². The highest BCUT2D eigenvalue weighted by molar-refractivity contribution is 6.30. The van der Waals surface area contributed by atoms with Gasteiger partial charge in [0.2, 0.25) is 0 Å². The van der Waals surface area contributed by atoms with Crippen LogP contribution in [0.1, 0.15) is 12.5 Å². The molecule has 106 valence electrons. The van der Waals surface area contributed by atoms with Crippen LogP contribution in [0.4, 0.5) is 0 Å². The molecule has 0 N–H and O–H groups in total. The average molecular weight is 300 g/mol. The standard InChI is InChI=1S/C16H14ClN3O/c17-12-3-1-11(2-4-12)16-14-9-18-7-5-15(14)20(19-16)13-6-8-21-10-13/h1-5,7,9,13H,6,8,10H2. The van der Waals surface area contributed by atoms with Gasteiger partial charge in [-0.3, -0.25) is 9.67 Å². The fraction of sp³-hybridized carbons (Fsp3) is 0.250. The molecule has 3 heterocycles. The molecule has 1 fully saturated rings. The first-order chi connectivity index (χ1) is 10.3. The number of hydrogen-bond acceptors (Lipinski definition) is 3. The van der Waals surface area contributed by atoms with E-state index in [0.29, 0.717) is 6.04 Å². The highest BCUT2D eigenvalue weighted by Gasteiger charge is 2.22. The van der Waals surface area contributed by atoms with Crippen LogP contribution in [0.3, 0.4) is 0 Å². The SMILES string of the molecule is Clc1ccc(-c2nn(C3CCOC3)c3ccncc23)cc1. The quantitative estimate of drug-likeness (QED) is 0.724. The van der Waals surface area contributed by atoms with E-state index in [1.807, 2.05) is 42.7 Å². The van der Waals surface area contributed by atoms with Gasteiger partial charge in [0.05, 0.1) is 18.2 Å². The minimum Gasteiger partial charge on any atom is -0.379 e. The molecule has 4 rings (SSSR count). The van der Waals surface area contributed by atoms with Gasteiger partial charge in [-0.1, -0.05) is 23.7 Å². The van der Waals surface area contributed by atoms with Crippen molar-refractivity contribution in [2.75, 3.05) is 13.2 Å². The zero-order valence-electron chi connectivity index (χ0n) is 11.4. The molecule has 1 aliphatic heterocycles. The Morgan fingerprint density at radius 2 is 2.05 bits per heavy atom. The average Bonchev–Trinajstić information content (AvgIpc) is 3.15. The number of fused-ring (bicyclic) bond motifs is 1. The number of ether oxygens (including phenoxy) is 1. The molecule has 1 aliphatic rings. The van der Waals surface area contributed by atoms with Crippen molar-refractivity contribution in [1.29, 1.82) is 0 Å². The largest absolute Gasteiger partial charge is 0.379 e. The molecular weight excluding hydrogens is 286 g/mol. The Kier molecular flexibility index (Phi) is 3.13. The van der Waals surface area contributed by atoms with Crippen LogP contribution in [0.15, 0.2) is 42.7 Å². The van der Waals surface area contributed by atoms with E-state index in [4.69, 9.17) is 21.4 Å². The second-order valence-corrected chi connectivity index (χ2v) is 5.65. The molecule has 0 amide bonds. The minimum atomic E-state index is 0.302. The van der Waals surface area contributed by atoms with Gasteiger partial charge >= 0.3 is 0 Å². The van der Waals surface area contributed by atoms with Gasteiger partial charge in [-0.15, -0.1) is 0 Å². The second kappa shape index (κ2) is 5.13. The Morgan fingerprint density at radius 1 is 1.19 bits per heavy atom. The monoisotopic (exact) mass is 299 g/mol. The molecule has 0 radical (unpaired) electrons. The molecular formula is C16H14ClN3O. The van der Waals surface area contributed by atoms with Gasteiger partial charge in [0, 0.05) is 35.0 Å². The molecule has 5 heteroatoms. The molecule has 0 bridgehead atoms. The summed E-state index contributed by atoms with van der Waals surface area (Å²) < 4.78 is 7.57. The topological polar surface area (TPSA) is 39.9 Å². The van der Waals surface area contributed by atoms with Crippen molar-refractivity contribution in [2.45, 2.75) is 12.5 Å². The van der Waals surface area contributed by atoms with Crippen LogP contribution in [0, 0.1) is 0 Å². The third-order valence-electron chi connectivity index (χ3n) is 3.88. The van der Waals surface area contributed by atoms with Gasteiger partial charge in [-0.05, 0) is 24.6 Å². The number of aromatic nitrogens is 3. The summed E-state index contributed by atoms with van der Waals surface area (Å²) in [5.41, 5.74) is 3.10. The summed E-state index contributed by atoms with van der Waals surface area (Å²) in [6, 6.07) is 10.1. The first-order valence-electron chi connectivity index (χ1n) is 6.99. The Bertz CT molecular complexity index is 776. The maximum Gasteiger partial charge on any atom is 0.102 e. The van der Waals surface area contributed by atoms with Crippen LogP contribution in [0.5, 0.6) is 0 Å². The fourth-order valence-electron chi connectivity index (χ4n) is 2.80. The lowest BCUT2D eigenvalue weighted by Gasteiger charge is -2.09. The Morgan fingerprint density at radius 3 is 2.81 bits per heavy atom. The molecule has 1 unspecified atom stereocenters. The third kappa shape index (κ3) is 2.20. The lowest BCUT2D eigenvalue weighted by atomic mass is 10.1. The summed E-state index contributed by atoms with van der Waals surface area (Å²) in [5.74, 6) is 0. The summed E-state index contributed by atoms with van der Waals surface area (Å²) in [5, 5.41) is 6.61. The van der Waals surface area contributed by atoms with E-state index in [1.54, 1.807) is 0 Å². The van der Waals surface area contributed by atoms with E-state index in [1.165, 1.54) is 0 Å². The predicted molar refractivity (Wildman–Crippen MR) is 82.4 cm³/mol. The number of pyridine rings is 1. The molecule has 3 aromatic rings. The van der Waals surface area contributed by atoms with Gasteiger partial charge in [-0.2, -0.15) is 5.10 Å². The van der Waals surface area contributed by atoms with Crippen molar-refractivity contribution in [1.82, 2.24) is 14.8 Å². The summed E-state index contributed by atoms with van der Waals surface area (Å²) in [6.45, 7) is 1.52. The Hall–Kier alpha value is -1.91. The van der Waals surface area contributed by atoms with Crippen LogP contribution in [-0.2, 0) is 4.74 Å². The maximum absolute atomic E-state index is 5.97. The summed E-state index contributed by atoms with van der Waals surface area (Å²) >= 11 is 5.97. The van der Waals surface area contributed by atoms with Crippen LogP contribution < -0.4 is 0 Å². The highest BCUT2D eigenvalue weighted by Crippen LogP contribution is 2.31. The maximum atomic E-state index is 5.97. The zero-order valence-corrected chi connectivity index (χ0v) is 12.1. The molecule has 1 saturated heterocycles. The molecule has 1 aromatic carbocycles. The second-order valence-electron chi connectivity index (χ2n) is 5.21. The van der Waals surface area contributed by atoms with Gasteiger partial charge in [0.1, 0.15) is 5.69 Å². The Balaban J connectivity index is 1.90. The molecule has 2 aromatic heterocycles. The molecule has 1 atom stereocenters. The smallest absolute Gasteiger partial charge is 0.102 e. The highest BCUT2D eigenvalue weighted by atomic mass is 35.5. The number of hydrogen-bond donors (Lipinski definition) is 0. The number of nitrogens with zero attached hydrogens (tertiary/aromatic N) is 3. The van der Waals surface area contributed by atoms with Crippen molar-refractivity contribution >= 4 is 22.5 Å². The summed E-state index contributed by atoms with van der Waals surface area (Å²) in [4.78, 5) is 4.25. The lowest BCUT2D eigenvalue weighted by molar-refractivity contribution is 0.185. The molecule has 0 saturated carbocycles. The normalized spacial score (nSPS) is 18.4. The number of rotatable bonds is 2. The summed E-state index contributed by atoms with van der Waals surface area (Å²) in [7, 11) is 0. The van der Waals surface area contributed by atoms with E-state index >= 15 is 0 Å². The first-order valence-corrected chi connectivity index (χ1v) is 7.36. The molecule has 21 heavy (non-hydrogen) atoms. The lowest BCUT2D eigenvalue weighted by Crippen LogP contribution is -2.10. The number of halogens is 1. The first kappa shape index (κ1) is 12.8. The van der Waals surface area contributed by atoms with Gasteiger partial charge in [-0.25, -0.2) is 0 Å². The van der Waals surface area contributed by atoms with Crippen molar-refractivity contribution in [3.05, 3.63) is 47.7 Å². The van der Waals surface area contributed by atoms with E-state index in [0.717, 1.165) is 46.8 Å². The minimum absolute atomic E-state index is 0.302. The fourth-order valence-corrected chi connectivity index (χ4v) is 2.93. The zero-order chi connectivity index (χ0) is 14.2. The van der Waals surface area contributed by atoms with E-state index < -0.39 is 0 Å². The van der Waals surface area contributed by atoms with Crippen LogP contribution in [0.2, 0.25) is 5.02 Å². The summed E-state index contributed by atoms with van der Waals surface area (Å²) in [6.07, 6.45) is 4.68. The van der Waals surface area contributed by atoms with Gasteiger partial charge in [0.15, 0.2) is 0 Å². The van der Waals surface area contributed by atoms with Crippen LogP contribution in [0.25, 0.3) is 22.2 Å². The van der Waals surface area contributed by atoms with Gasteiger partial charge in [0.25, 0.3) is 0 Å². The molecule has 4 nitrogen and oxygen atoms in total.